The number of hydrogen-bond acceptors (Lipinski definition) is 5. The first-order valence-corrected chi connectivity index (χ1v) is 6.58. The van der Waals surface area contributed by atoms with Gasteiger partial charge in [-0.1, -0.05) is 0 Å². The van der Waals surface area contributed by atoms with Gasteiger partial charge in [0.2, 0.25) is 5.91 Å². The molecule has 1 N–H and O–H groups in total. The molecule has 0 atom stereocenters. The molecule has 1 heterocycles. The highest BCUT2D eigenvalue weighted by Crippen LogP contribution is 2.15. The summed E-state index contributed by atoms with van der Waals surface area (Å²) in [5.41, 5.74) is 0.349. The summed E-state index contributed by atoms with van der Waals surface area (Å²) < 4.78 is 5.11. The van der Waals surface area contributed by atoms with Gasteiger partial charge >= 0.3 is 5.97 Å². The first kappa shape index (κ1) is 14.6. The average Bonchev–Trinajstić information content (AvgIpc) is 2.58. The molecule has 1 aromatic heterocycles. The van der Waals surface area contributed by atoms with Crippen LogP contribution in [0.15, 0.2) is 5.38 Å². The minimum atomic E-state index is -0.514. The Kier molecular flexibility index (Phi) is 4.84. The van der Waals surface area contributed by atoms with E-state index in [-0.39, 0.29) is 24.7 Å². The van der Waals surface area contributed by atoms with Crippen molar-refractivity contribution in [3.05, 3.63) is 11.1 Å². The molecule has 0 aliphatic carbocycles. The van der Waals surface area contributed by atoms with E-state index in [4.69, 9.17) is 4.74 Å². The number of rotatable bonds is 4. The van der Waals surface area contributed by atoms with Gasteiger partial charge in [0.1, 0.15) is 5.60 Å². The zero-order valence-corrected chi connectivity index (χ0v) is 11.9. The lowest BCUT2D eigenvalue weighted by Crippen LogP contribution is -2.24. The number of ether oxygens (including phenoxy) is 1. The van der Waals surface area contributed by atoms with Gasteiger partial charge in [-0.3, -0.25) is 9.59 Å². The highest BCUT2D eigenvalue weighted by Gasteiger charge is 2.17. The summed E-state index contributed by atoms with van der Waals surface area (Å²) in [6.07, 6.45) is 0.182. The molecular weight excluding hydrogens is 252 g/mol. The Bertz CT molecular complexity index is 435. The molecule has 0 aliphatic heterocycles. The number of thiazole rings is 1. The van der Waals surface area contributed by atoms with Gasteiger partial charge in [0, 0.05) is 11.8 Å². The maximum Gasteiger partial charge on any atom is 0.306 e. The first-order chi connectivity index (χ1) is 8.26. The zero-order valence-electron chi connectivity index (χ0n) is 11.1. The van der Waals surface area contributed by atoms with E-state index < -0.39 is 5.60 Å². The van der Waals surface area contributed by atoms with E-state index in [1.165, 1.54) is 11.3 Å². The van der Waals surface area contributed by atoms with Crippen molar-refractivity contribution in [1.82, 2.24) is 4.98 Å². The number of aryl methyl sites for hydroxylation is 1. The van der Waals surface area contributed by atoms with Crippen molar-refractivity contribution in [1.29, 1.82) is 0 Å². The number of carbonyl (C=O) groups excluding carboxylic acids is 2. The van der Waals surface area contributed by atoms with E-state index in [1.54, 1.807) is 20.8 Å². The van der Waals surface area contributed by atoms with Crippen LogP contribution in [0.3, 0.4) is 0 Å². The summed E-state index contributed by atoms with van der Waals surface area (Å²) >= 11 is 1.36. The van der Waals surface area contributed by atoms with E-state index in [9.17, 15) is 9.59 Å². The molecule has 0 aromatic carbocycles. The summed E-state index contributed by atoms with van der Waals surface area (Å²) in [5, 5.41) is 5.05. The van der Waals surface area contributed by atoms with Crippen LogP contribution in [-0.2, 0) is 14.3 Å². The van der Waals surface area contributed by atoms with Crippen molar-refractivity contribution >= 4 is 28.3 Å². The molecule has 1 amide bonds. The van der Waals surface area contributed by atoms with Gasteiger partial charge in [-0.05, 0) is 27.7 Å². The van der Waals surface area contributed by atoms with Crippen molar-refractivity contribution in [3.63, 3.8) is 0 Å². The Balaban J connectivity index is 2.31. The van der Waals surface area contributed by atoms with Crippen molar-refractivity contribution in [2.45, 2.75) is 46.1 Å². The lowest BCUT2D eigenvalue weighted by molar-refractivity contribution is -0.155. The second kappa shape index (κ2) is 5.95. The predicted octanol–water partition coefficient (Wildman–Crippen LogP) is 2.51. The number of aromatic nitrogens is 1. The second-order valence-electron chi connectivity index (χ2n) is 4.93. The van der Waals surface area contributed by atoms with Gasteiger partial charge in [-0.2, -0.15) is 0 Å². The van der Waals surface area contributed by atoms with Crippen molar-refractivity contribution in [2.75, 3.05) is 5.32 Å². The van der Waals surface area contributed by atoms with E-state index in [0.717, 1.165) is 5.69 Å². The number of hydrogen-bond donors (Lipinski definition) is 1. The second-order valence-corrected chi connectivity index (χ2v) is 5.79. The number of anilines is 1. The third-order valence-electron chi connectivity index (χ3n) is 1.84. The molecule has 0 saturated carbocycles. The molecule has 6 heteroatoms. The Morgan fingerprint density at radius 3 is 2.56 bits per heavy atom. The molecule has 0 bridgehead atoms. The highest BCUT2D eigenvalue weighted by molar-refractivity contribution is 7.13. The third kappa shape index (κ3) is 5.77. The van der Waals surface area contributed by atoms with E-state index in [1.807, 2.05) is 12.3 Å². The molecule has 1 rings (SSSR count). The van der Waals surface area contributed by atoms with Crippen LogP contribution in [0.5, 0.6) is 0 Å². The molecule has 0 unspecified atom stereocenters. The van der Waals surface area contributed by atoms with Gasteiger partial charge in [-0.25, -0.2) is 4.98 Å². The summed E-state index contributed by atoms with van der Waals surface area (Å²) in [4.78, 5) is 27.1. The van der Waals surface area contributed by atoms with Crippen molar-refractivity contribution in [3.8, 4) is 0 Å². The van der Waals surface area contributed by atoms with Crippen molar-refractivity contribution < 1.29 is 14.3 Å². The number of nitrogens with one attached hydrogen (secondary N) is 1. The maximum atomic E-state index is 11.5. The van der Waals surface area contributed by atoms with Crippen LogP contribution in [0.25, 0.3) is 0 Å². The van der Waals surface area contributed by atoms with Gasteiger partial charge < -0.3 is 10.1 Å². The fraction of sp³-hybridized carbons (Fsp3) is 0.583. The molecule has 5 nitrogen and oxygen atoms in total. The SMILES string of the molecule is Cc1csc(NC(=O)CCC(=O)OC(C)(C)C)n1. The summed E-state index contributed by atoms with van der Waals surface area (Å²) in [7, 11) is 0. The van der Waals surface area contributed by atoms with Crippen molar-refractivity contribution in [2.24, 2.45) is 0 Å². The summed E-state index contributed by atoms with van der Waals surface area (Å²) in [6, 6.07) is 0. The van der Waals surface area contributed by atoms with Crippen LogP contribution >= 0.6 is 11.3 Å². The topological polar surface area (TPSA) is 68.3 Å². The molecule has 0 saturated heterocycles. The molecular formula is C12H18N2O3S. The summed E-state index contributed by atoms with van der Waals surface area (Å²) in [5.74, 6) is -0.594. The van der Waals surface area contributed by atoms with E-state index >= 15 is 0 Å². The Hall–Kier alpha value is -1.43. The Morgan fingerprint density at radius 2 is 2.06 bits per heavy atom. The Morgan fingerprint density at radius 1 is 1.39 bits per heavy atom. The largest absolute Gasteiger partial charge is 0.460 e. The highest BCUT2D eigenvalue weighted by atomic mass is 32.1. The van der Waals surface area contributed by atoms with Crippen LogP contribution in [0.1, 0.15) is 39.3 Å². The van der Waals surface area contributed by atoms with Gasteiger partial charge in [0.25, 0.3) is 0 Å². The zero-order chi connectivity index (χ0) is 13.8. The van der Waals surface area contributed by atoms with Crippen LogP contribution in [0, 0.1) is 6.92 Å². The first-order valence-electron chi connectivity index (χ1n) is 5.70. The van der Waals surface area contributed by atoms with Crippen LogP contribution in [0.4, 0.5) is 5.13 Å². The lowest BCUT2D eigenvalue weighted by atomic mass is 10.2. The molecule has 0 spiro atoms. The van der Waals surface area contributed by atoms with Gasteiger partial charge in [0.05, 0.1) is 12.1 Å². The lowest BCUT2D eigenvalue weighted by Gasteiger charge is -2.19. The van der Waals surface area contributed by atoms with Crippen LogP contribution in [-0.4, -0.2) is 22.5 Å². The van der Waals surface area contributed by atoms with Crippen LogP contribution < -0.4 is 5.32 Å². The quantitative estimate of drug-likeness (QED) is 0.854. The minimum absolute atomic E-state index is 0.0768. The standard InChI is InChI=1S/C12H18N2O3S/c1-8-7-18-11(13-8)14-9(15)5-6-10(16)17-12(2,3)4/h7H,5-6H2,1-4H3,(H,13,14,15). The molecule has 0 radical (unpaired) electrons. The molecule has 0 aliphatic rings. The van der Waals surface area contributed by atoms with Gasteiger partial charge in [0.15, 0.2) is 5.13 Å². The van der Waals surface area contributed by atoms with Gasteiger partial charge in [-0.15, -0.1) is 11.3 Å². The predicted molar refractivity (Wildman–Crippen MR) is 70.6 cm³/mol. The fourth-order valence-electron chi connectivity index (χ4n) is 1.20. The number of nitrogens with zero attached hydrogens (tertiary/aromatic N) is 1. The molecule has 1 aromatic rings. The molecule has 18 heavy (non-hydrogen) atoms. The number of amides is 1. The minimum Gasteiger partial charge on any atom is -0.460 e. The normalized spacial score (nSPS) is 11.1. The maximum absolute atomic E-state index is 11.5. The smallest absolute Gasteiger partial charge is 0.306 e. The fourth-order valence-corrected chi connectivity index (χ4v) is 1.91. The average molecular weight is 270 g/mol. The number of esters is 1. The van der Waals surface area contributed by atoms with Crippen LogP contribution in [0.2, 0.25) is 0 Å². The van der Waals surface area contributed by atoms with E-state index in [0.29, 0.717) is 5.13 Å². The number of carbonyl (C=O) groups is 2. The van der Waals surface area contributed by atoms with E-state index in [2.05, 4.69) is 10.3 Å². The third-order valence-corrected chi connectivity index (χ3v) is 2.72. The molecule has 100 valence electrons. The Labute approximate surface area is 111 Å². The molecule has 0 fully saturated rings. The monoisotopic (exact) mass is 270 g/mol. The summed E-state index contributed by atoms with van der Waals surface area (Å²) in [6.45, 7) is 7.24.